The minimum atomic E-state index is -0.278. The molecule has 1 heterocycles. The number of rotatable bonds is 4. The van der Waals surface area contributed by atoms with Gasteiger partial charge in [0.1, 0.15) is 5.82 Å². The summed E-state index contributed by atoms with van der Waals surface area (Å²) in [5.41, 5.74) is 1.47. The Morgan fingerprint density at radius 3 is 2.52 bits per heavy atom. The zero-order chi connectivity index (χ0) is 16.4. The second-order valence-corrected chi connectivity index (χ2v) is 5.80. The van der Waals surface area contributed by atoms with Gasteiger partial charge in [0.25, 0.3) is 0 Å². The maximum Gasteiger partial charge on any atom is 0.249 e. The van der Waals surface area contributed by atoms with E-state index in [1.807, 2.05) is 11.9 Å². The molecule has 118 valence electrons. The first-order valence-corrected chi connectivity index (χ1v) is 7.53. The molecular formula is C16H12Cl2FN3O. The highest BCUT2D eigenvalue weighted by Gasteiger charge is 2.14. The van der Waals surface area contributed by atoms with Crippen molar-refractivity contribution < 1.29 is 8.81 Å². The molecule has 3 aromatic rings. The van der Waals surface area contributed by atoms with Crippen LogP contribution in [0.3, 0.4) is 0 Å². The largest absolute Gasteiger partial charge is 0.419 e. The summed E-state index contributed by atoms with van der Waals surface area (Å²) in [5.74, 6) is 0.478. The Kier molecular flexibility index (Phi) is 4.50. The molecule has 0 saturated heterocycles. The second-order valence-electron chi connectivity index (χ2n) is 4.96. The molecule has 0 saturated carbocycles. The first kappa shape index (κ1) is 15.8. The quantitative estimate of drug-likeness (QED) is 0.675. The number of benzene rings is 2. The van der Waals surface area contributed by atoms with Gasteiger partial charge in [0, 0.05) is 17.8 Å². The van der Waals surface area contributed by atoms with Gasteiger partial charge in [-0.25, -0.2) is 4.39 Å². The summed E-state index contributed by atoms with van der Waals surface area (Å²) < 4.78 is 18.6. The van der Waals surface area contributed by atoms with Crippen molar-refractivity contribution in [3.63, 3.8) is 0 Å². The molecule has 0 aliphatic heterocycles. The molecule has 4 nitrogen and oxygen atoms in total. The van der Waals surface area contributed by atoms with Crippen LogP contribution in [0, 0.1) is 5.82 Å². The topological polar surface area (TPSA) is 42.2 Å². The molecule has 0 spiro atoms. The molecule has 0 unspecified atom stereocenters. The summed E-state index contributed by atoms with van der Waals surface area (Å²) >= 11 is 12.0. The Morgan fingerprint density at radius 2 is 1.83 bits per heavy atom. The van der Waals surface area contributed by atoms with Gasteiger partial charge in [-0.2, -0.15) is 0 Å². The summed E-state index contributed by atoms with van der Waals surface area (Å²) in [6.07, 6.45) is 0. The van der Waals surface area contributed by atoms with E-state index in [1.165, 1.54) is 12.1 Å². The molecule has 0 aliphatic rings. The van der Waals surface area contributed by atoms with Crippen molar-refractivity contribution in [1.82, 2.24) is 10.2 Å². The lowest BCUT2D eigenvalue weighted by Crippen LogP contribution is -2.16. The van der Waals surface area contributed by atoms with E-state index in [4.69, 9.17) is 27.6 Å². The van der Waals surface area contributed by atoms with Crippen molar-refractivity contribution >= 4 is 28.9 Å². The van der Waals surface area contributed by atoms with Crippen LogP contribution in [-0.4, -0.2) is 17.2 Å². The summed E-state index contributed by atoms with van der Waals surface area (Å²) in [7, 11) is 1.85. The number of hydrogen-bond acceptors (Lipinski definition) is 4. The van der Waals surface area contributed by atoms with Gasteiger partial charge in [-0.05, 0) is 42.5 Å². The molecular weight excluding hydrogens is 340 g/mol. The standard InChI is InChI=1S/C16H12Cl2FN3O/c1-22(12-5-3-11(19)4-6-12)9-15-20-21-16(23-15)13-7-2-10(17)8-14(13)18/h2-8H,9H2,1H3. The Bertz CT molecular complexity index is 820. The maximum atomic E-state index is 13.0. The first-order chi connectivity index (χ1) is 11.0. The maximum absolute atomic E-state index is 13.0. The minimum absolute atomic E-state index is 0.278. The van der Waals surface area contributed by atoms with Crippen LogP contribution < -0.4 is 4.90 Å². The summed E-state index contributed by atoms with van der Waals surface area (Å²) in [6.45, 7) is 0.393. The average Bonchev–Trinajstić information content (AvgIpc) is 2.96. The van der Waals surface area contributed by atoms with Gasteiger partial charge in [0.15, 0.2) is 0 Å². The predicted octanol–water partition coefficient (Wildman–Crippen LogP) is 4.82. The van der Waals surface area contributed by atoms with Gasteiger partial charge in [0.05, 0.1) is 17.1 Å². The monoisotopic (exact) mass is 351 g/mol. The fourth-order valence-electron chi connectivity index (χ4n) is 2.08. The van der Waals surface area contributed by atoms with Gasteiger partial charge in [-0.15, -0.1) is 10.2 Å². The Balaban J connectivity index is 1.78. The van der Waals surface area contributed by atoms with Crippen LogP contribution in [0.1, 0.15) is 5.89 Å². The third kappa shape index (κ3) is 3.63. The van der Waals surface area contributed by atoms with Crippen LogP contribution in [0.4, 0.5) is 10.1 Å². The fraction of sp³-hybridized carbons (Fsp3) is 0.125. The van der Waals surface area contributed by atoms with E-state index in [0.717, 1.165) is 5.69 Å². The van der Waals surface area contributed by atoms with Gasteiger partial charge in [0.2, 0.25) is 11.8 Å². The molecule has 0 aliphatic carbocycles. The van der Waals surface area contributed by atoms with E-state index in [0.29, 0.717) is 33.9 Å². The molecule has 0 radical (unpaired) electrons. The highest BCUT2D eigenvalue weighted by atomic mass is 35.5. The third-order valence-electron chi connectivity index (χ3n) is 3.27. The fourth-order valence-corrected chi connectivity index (χ4v) is 2.57. The van der Waals surface area contributed by atoms with Crippen molar-refractivity contribution in [2.75, 3.05) is 11.9 Å². The Morgan fingerprint density at radius 1 is 1.09 bits per heavy atom. The molecule has 7 heteroatoms. The van der Waals surface area contributed by atoms with Gasteiger partial charge >= 0.3 is 0 Å². The number of hydrogen-bond donors (Lipinski definition) is 0. The zero-order valence-electron chi connectivity index (χ0n) is 12.1. The second kappa shape index (κ2) is 6.56. The van der Waals surface area contributed by atoms with E-state index in [9.17, 15) is 4.39 Å². The lowest BCUT2D eigenvalue weighted by atomic mass is 10.2. The number of nitrogens with zero attached hydrogens (tertiary/aromatic N) is 3. The third-order valence-corrected chi connectivity index (χ3v) is 3.82. The number of anilines is 1. The normalized spacial score (nSPS) is 10.8. The van der Waals surface area contributed by atoms with E-state index < -0.39 is 0 Å². The Hall–Kier alpha value is -2.11. The number of halogens is 3. The van der Waals surface area contributed by atoms with E-state index in [-0.39, 0.29) is 5.82 Å². The lowest BCUT2D eigenvalue weighted by Gasteiger charge is -2.16. The zero-order valence-corrected chi connectivity index (χ0v) is 13.6. The summed E-state index contributed by atoms with van der Waals surface area (Å²) in [4.78, 5) is 1.88. The molecule has 1 aromatic heterocycles. The molecule has 0 N–H and O–H groups in total. The van der Waals surface area contributed by atoms with Crippen molar-refractivity contribution in [1.29, 1.82) is 0 Å². The van der Waals surface area contributed by atoms with E-state index in [1.54, 1.807) is 30.3 Å². The SMILES string of the molecule is CN(Cc1nnc(-c2ccc(Cl)cc2Cl)o1)c1ccc(F)cc1. The van der Waals surface area contributed by atoms with Crippen molar-refractivity contribution in [3.05, 3.63) is 64.2 Å². The van der Waals surface area contributed by atoms with Crippen LogP contribution >= 0.6 is 23.2 Å². The molecule has 3 rings (SSSR count). The highest BCUT2D eigenvalue weighted by molar-refractivity contribution is 6.36. The minimum Gasteiger partial charge on any atom is -0.419 e. The average molecular weight is 352 g/mol. The molecule has 0 bridgehead atoms. The summed E-state index contributed by atoms with van der Waals surface area (Å²) in [6, 6.07) is 11.2. The van der Waals surface area contributed by atoms with Crippen LogP contribution in [0.25, 0.3) is 11.5 Å². The number of aromatic nitrogens is 2. The van der Waals surface area contributed by atoms with Crippen molar-refractivity contribution in [3.8, 4) is 11.5 Å². The van der Waals surface area contributed by atoms with E-state index in [2.05, 4.69) is 10.2 Å². The molecule has 23 heavy (non-hydrogen) atoms. The van der Waals surface area contributed by atoms with Gasteiger partial charge in [-0.1, -0.05) is 23.2 Å². The molecule has 0 amide bonds. The smallest absolute Gasteiger partial charge is 0.249 e. The van der Waals surface area contributed by atoms with Crippen LogP contribution in [0.2, 0.25) is 10.0 Å². The molecule has 0 atom stereocenters. The van der Waals surface area contributed by atoms with Crippen LogP contribution in [0.5, 0.6) is 0 Å². The first-order valence-electron chi connectivity index (χ1n) is 6.77. The van der Waals surface area contributed by atoms with Crippen molar-refractivity contribution in [2.45, 2.75) is 6.54 Å². The van der Waals surface area contributed by atoms with Crippen LogP contribution in [0.15, 0.2) is 46.9 Å². The predicted molar refractivity (Wildman–Crippen MR) is 88.3 cm³/mol. The van der Waals surface area contributed by atoms with Crippen LogP contribution in [-0.2, 0) is 6.54 Å². The lowest BCUT2D eigenvalue weighted by molar-refractivity contribution is 0.503. The molecule has 0 fully saturated rings. The van der Waals surface area contributed by atoms with Gasteiger partial charge < -0.3 is 9.32 Å². The highest BCUT2D eigenvalue weighted by Crippen LogP contribution is 2.29. The molecule has 2 aromatic carbocycles. The summed E-state index contributed by atoms with van der Waals surface area (Å²) in [5, 5.41) is 9.00. The van der Waals surface area contributed by atoms with E-state index >= 15 is 0 Å². The van der Waals surface area contributed by atoms with Gasteiger partial charge in [-0.3, -0.25) is 0 Å². The van der Waals surface area contributed by atoms with Crippen molar-refractivity contribution in [2.24, 2.45) is 0 Å². The Labute approximate surface area is 142 Å².